The van der Waals surface area contributed by atoms with Gasteiger partial charge in [-0.3, -0.25) is 14.4 Å². The minimum atomic E-state index is -1.91. The average molecular weight is 437 g/mol. The molecular weight excluding hydrogens is 400 g/mol. The van der Waals surface area contributed by atoms with Gasteiger partial charge in [0.1, 0.15) is 11.2 Å². The summed E-state index contributed by atoms with van der Waals surface area (Å²) in [7, 11) is 0. The van der Waals surface area contributed by atoms with E-state index in [9.17, 15) is 19.2 Å². The lowest BCUT2D eigenvalue weighted by molar-refractivity contribution is -0.186. The maximum absolute atomic E-state index is 13.2. The van der Waals surface area contributed by atoms with Crippen LogP contribution in [-0.4, -0.2) is 41.5 Å². The van der Waals surface area contributed by atoms with Crippen LogP contribution >= 0.6 is 0 Å². The maximum Gasteiger partial charge on any atom is 0.330 e. The van der Waals surface area contributed by atoms with Crippen molar-refractivity contribution in [2.75, 3.05) is 6.61 Å². The van der Waals surface area contributed by atoms with Gasteiger partial charge in [-0.15, -0.1) is 0 Å². The molecule has 0 amide bonds. The summed E-state index contributed by atoms with van der Waals surface area (Å²) in [6.07, 6.45) is 8.13. The molecule has 0 aliphatic heterocycles. The number of ether oxygens (including phenoxy) is 3. The molecular formula is C24H36O7. The van der Waals surface area contributed by atoms with Crippen molar-refractivity contribution in [3.05, 3.63) is 36.5 Å². The number of carbonyl (C=O) groups is 4. The quantitative estimate of drug-likeness (QED) is 0.166. The monoisotopic (exact) mass is 436 g/mol. The summed E-state index contributed by atoms with van der Waals surface area (Å²) in [5.74, 6) is -3.03. The van der Waals surface area contributed by atoms with Crippen molar-refractivity contribution in [3.63, 3.8) is 0 Å². The van der Waals surface area contributed by atoms with Crippen molar-refractivity contribution in [1.82, 2.24) is 0 Å². The predicted octanol–water partition coefficient (Wildman–Crippen LogP) is 4.26. The number of hydrogen-bond acceptors (Lipinski definition) is 7. The minimum absolute atomic E-state index is 0.111. The molecule has 0 saturated carbocycles. The third kappa shape index (κ3) is 11.3. The molecule has 0 spiro atoms. The summed E-state index contributed by atoms with van der Waals surface area (Å²) in [4.78, 5) is 50.6. The van der Waals surface area contributed by atoms with Crippen LogP contribution < -0.4 is 0 Å². The van der Waals surface area contributed by atoms with Gasteiger partial charge in [-0.05, 0) is 67.9 Å². The molecule has 0 bridgehead atoms. The second-order valence-corrected chi connectivity index (χ2v) is 8.97. The fourth-order valence-corrected chi connectivity index (χ4v) is 2.38. The molecule has 0 saturated heterocycles. The fourth-order valence-electron chi connectivity index (χ4n) is 2.38. The SMILES string of the molecule is C/C=C/C=C/CC(CC(=O)/C=C/C(=O)OCC)(C(=O)OC(C)(C)C)C(=O)OC(C)(C)C. The number of rotatable bonds is 10. The van der Waals surface area contributed by atoms with Gasteiger partial charge in [-0.2, -0.15) is 0 Å². The van der Waals surface area contributed by atoms with E-state index in [1.54, 1.807) is 72.8 Å². The first kappa shape index (κ1) is 28.3. The first-order chi connectivity index (χ1) is 14.2. The highest BCUT2D eigenvalue weighted by molar-refractivity contribution is 6.07. The Balaban J connectivity index is 6.23. The van der Waals surface area contributed by atoms with E-state index in [1.807, 2.05) is 6.92 Å². The Morgan fingerprint density at radius 1 is 0.806 bits per heavy atom. The van der Waals surface area contributed by atoms with Crippen LogP contribution in [0.25, 0.3) is 0 Å². The van der Waals surface area contributed by atoms with E-state index in [-0.39, 0.29) is 13.0 Å². The van der Waals surface area contributed by atoms with E-state index in [1.165, 1.54) is 0 Å². The summed E-state index contributed by atoms with van der Waals surface area (Å²) in [6, 6.07) is 0. The second kappa shape index (κ2) is 12.2. The molecule has 7 nitrogen and oxygen atoms in total. The molecule has 0 unspecified atom stereocenters. The van der Waals surface area contributed by atoms with Crippen LogP contribution in [0.3, 0.4) is 0 Å². The maximum atomic E-state index is 13.2. The summed E-state index contributed by atoms with van der Waals surface area (Å²) in [6.45, 7) is 13.6. The second-order valence-electron chi connectivity index (χ2n) is 8.97. The molecule has 0 atom stereocenters. The minimum Gasteiger partial charge on any atom is -0.463 e. The van der Waals surface area contributed by atoms with Crippen LogP contribution in [0.15, 0.2) is 36.5 Å². The van der Waals surface area contributed by atoms with Gasteiger partial charge in [0.2, 0.25) is 0 Å². The average Bonchev–Trinajstić information content (AvgIpc) is 2.59. The Morgan fingerprint density at radius 3 is 1.74 bits per heavy atom. The van der Waals surface area contributed by atoms with Crippen LogP contribution in [0.5, 0.6) is 0 Å². The first-order valence-electron chi connectivity index (χ1n) is 10.3. The van der Waals surface area contributed by atoms with Gasteiger partial charge in [-0.1, -0.05) is 24.3 Å². The molecule has 0 aliphatic carbocycles. The fraction of sp³-hybridized carbons (Fsp3) is 0.583. The number of hydrogen-bond donors (Lipinski definition) is 0. The highest BCUT2D eigenvalue weighted by Gasteiger charge is 2.51. The Morgan fingerprint density at radius 2 is 1.32 bits per heavy atom. The van der Waals surface area contributed by atoms with Gasteiger partial charge in [0.25, 0.3) is 0 Å². The van der Waals surface area contributed by atoms with E-state index in [0.29, 0.717) is 0 Å². The zero-order valence-electron chi connectivity index (χ0n) is 19.9. The Bertz CT molecular complexity index is 700. The molecule has 0 aromatic rings. The zero-order chi connectivity index (χ0) is 24.3. The molecule has 0 N–H and O–H groups in total. The van der Waals surface area contributed by atoms with Gasteiger partial charge in [0.05, 0.1) is 6.61 Å². The number of carbonyl (C=O) groups excluding carboxylic acids is 4. The van der Waals surface area contributed by atoms with Crippen molar-refractivity contribution in [2.45, 2.75) is 79.4 Å². The first-order valence-corrected chi connectivity index (χ1v) is 10.3. The Kier molecular flexibility index (Phi) is 11.2. The van der Waals surface area contributed by atoms with Gasteiger partial charge < -0.3 is 14.2 Å². The smallest absolute Gasteiger partial charge is 0.330 e. The molecule has 7 heteroatoms. The van der Waals surface area contributed by atoms with E-state index < -0.39 is 46.7 Å². The van der Waals surface area contributed by atoms with Crippen molar-refractivity contribution in [3.8, 4) is 0 Å². The molecule has 0 radical (unpaired) electrons. The predicted molar refractivity (Wildman–Crippen MR) is 118 cm³/mol. The Labute approximate surface area is 185 Å². The summed E-state index contributed by atoms with van der Waals surface area (Å²) in [5, 5.41) is 0. The largest absolute Gasteiger partial charge is 0.463 e. The van der Waals surface area contributed by atoms with Crippen LogP contribution in [0.4, 0.5) is 0 Å². The molecule has 0 aromatic carbocycles. The molecule has 0 fully saturated rings. The van der Waals surface area contributed by atoms with Gasteiger partial charge >= 0.3 is 17.9 Å². The van der Waals surface area contributed by atoms with Crippen LogP contribution in [-0.2, 0) is 33.4 Å². The normalized spacial score (nSPS) is 13.0. The topological polar surface area (TPSA) is 96.0 Å². The number of esters is 3. The highest BCUT2D eigenvalue weighted by Crippen LogP contribution is 2.35. The molecule has 0 aliphatic rings. The number of allylic oxidation sites excluding steroid dienone is 5. The number of ketones is 1. The van der Waals surface area contributed by atoms with Crippen molar-refractivity contribution < 1.29 is 33.4 Å². The summed E-state index contributed by atoms with van der Waals surface area (Å²) >= 11 is 0. The van der Waals surface area contributed by atoms with Crippen molar-refractivity contribution >= 4 is 23.7 Å². The third-order valence-corrected chi connectivity index (χ3v) is 3.65. The van der Waals surface area contributed by atoms with E-state index in [0.717, 1.165) is 12.2 Å². The van der Waals surface area contributed by atoms with Crippen molar-refractivity contribution in [1.29, 1.82) is 0 Å². The summed E-state index contributed by atoms with van der Waals surface area (Å²) < 4.78 is 15.8. The lowest BCUT2D eigenvalue weighted by Crippen LogP contribution is -2.47. The molecule has 0 heterocycles. The van der Waals surface area contributed by atoms with Crippen LogP contribution in [0, 0.1) is 5.41 Å². The van der Waals surface area contributed by atoms with Crippen LogP contribution in [0.2, 0.25) is 0 Å². The van der Waals surface area contributed by atoms with E-state index >= 15 is 0 Å². The molecule has 0 rings (SSSR count). The van der Waals surface area contributed by atoms with E-state index in [2.05, 4.69) is 0 Å². The van der Waals surface area contributed by atoms with Gasteiger partial charge in [0.15, 0.2) is 11.2 Å². The third-order valence-electron chi connectivity index (χ3n) is 3.65. The van der Waals surface area contributed by atoms with Crippen LogP contribution in [0.1, 0.15) is 68.2 Å². The molecule has 31 heavy (non-hydrogen) atoms. The van der Waals surface area contributed by atoms with Crippen molar-refractivity contribution in [2.24, 2.45) is 5.41 Å². The Hall–Kier alpha value is -2.70. The zero-order valence-corrected chi connectivity index (χ0v) is 19.9. The lowest BCUT2D eigenvalue weighted by atomic mass is 9.78. The van der Waals surface area contributed by atoms with Gasteiger partial charge in [0, 0.05) is 12.5 Å². The lowest BCUT2D eigenvalue weighted by Gasteiger charge is -2.33. The van der Waals surface area contributed by atoms with Gasteiger partial charge in [-0.25, -0.2) is 4.79 Å². The molecule has 0 aromatic heterocycles. The highest BCUT2D eigenvalue weighted by atomic mass is 16.6. The summed E-state index contributed by atoms with van der Waals surface area (Å²) in [5.41, 5.74) is -3.68. The van der Waals surface area contributed by atoms with E-state index in [4.69, 9.17) is 14.2 Å². The standard InChI is InChI=1S/C24H36O7/c1-9-11-12-13-16-24(20(27)30-22(3,4)5,21(28)31-23(6,7)8)17-18(25)14-15-19(26)29-10-2/h9,11-15H,10,16-17H2,1-8H3/b11-9+,13-12+,15-14+. The molecule has 174 valence electrons.